The van der Waals surface area contributed by atoms with Gasteiger partial charge in [-0.15, -0.1) is 0 Å². The molecule has 0 unspecified atom stereocenters. The zero-order chi connectivity index (χ0) is 15.4. The van der Waals surface area contributed by atoms with Gasteiger partial charge in [0.25, 0.3) is 0 Å². The van der Waals surface area contributed by atoms with Crippen LogP contribution in [0.3, 0.4) is 0 Å². The van der Waals surface area contributed by atoms with Gasteiger partial charge < -0.3 is 5.32 Å². The average molecular weight is 395 g/mol. The highest BCUT2D eigenvalue weighted by atomic mass is 79.9. The summed E-state index contributed by atoms with van der Waals surface area (Å²) in [4.78, 5) is 11.7. The maximum absolute atomic E-state index is 11.7. The molecule has 0 aliphatic heterocycles. The van der Waals surface area contributed by atoms with E-state index in [1.165, 1.54) is 0 Å². The van der Waals surface area contributed by atoms with Gasteiger partial charge in [-0.3, -0.25) is 14.2 Å². The van der Waals surface area contributed by atoms with Crippen molar-refractivity contribution in [1.82, 2.24) is 24.9 Å². The number of nitrogens with zero attached hydrogens (tertiary/aromatic N) is 4. The number of nitrogens with one attached hydrogen (secondary N) is 1. The molecule has 0 aliphatic carbocycles. The molecule has 114 valence electrons. The van der Waals surface area contributed by atoms with Crippen LogP contribution in [0.25, 0.3) is 0 Å². The molecule has 0 fully saturated rings. The van der Waals surface area contributed by atoms with Crippen molar-refractivity contribution in [1.29, 1.82) is 0 Å². The maximum Gasteiger partial charge on any atom is 0.241 e. The first kappa shape index (κ1) is 16.3. The summed E-state index contributed by atoms with van der Waals surface area (Å²) in [6.07, 6.45) is 4.10. The summed E-state index contributed by atoms with van der Waals surface area (Å²) in [6.45, 7) is 3.13. The van der Waals surface area contributed by atoms with Crippen molar-refractivity contribution in [2.75, 3.05) is 6.54 Å². The number of halogens is 3. The predicted molar refractivity (Wildman–Crippen MR) is 84.5 cm³/mol. The third kappa shape index (κ3) is 4.46. The summed E-state index contributed by atoms with van der Waals surface area (Å²) in [5.41, 5.74) is 0.704. The van der Waals surface area contributed by atoms with Gasteiger partial charge in [-0.1, -0.05) is 23.2 Å². The Bertz CT molecular complexity index is 640. The molecule has 0 aromatic carbocycles. The Balaban J connectivity index is 1.72. The van der Waals surface area contributed by atoms with Gasteiger partial charge in [0, 0.05) is 19.3 Å². The second-order valence-corrected chi connectivity index (χ2v) is 6.12. The van der Waals surface area contributed by atoms with Crippen molar-refractivity contribution in [2.45, 2.75) is 26.4 Å². The number of rotatable bonds is 6. The minimum absolute atomic E-state index is 0.0913. The predicted octanol–water partition coefficient (Wildman–Crippen LogP) is 2.66. The molecule has 2 heterocycles. The van der Waals surface area contributed by atoms with E-state index in [1.54, 1.807) is 28.7 Å². The molecule has 6 nitrogen and oxygen atoms in total. The summed E-state index contributed by atoms with van der Waals surface area (Å²) in [7, 11) is 0. The van der Waals surface area contributed by atoms with E-state index >= 15 is 0 Å². The van der Waals surface area contributed by atoms with E-state index in [9.17, 15) is 4.79 Å². The normalized spacial score (nSPS) is 10.9. The summed E-state index contributed by atoms with van der Waals surface area (Å²) >= 11 is 15.3. The van der Waals surface area contributed by atoms with Crippen LogP contribution in [0, 0.1) is 6.92 Å². The molecule has 1 amide bonds. The standard InChI is InChI=1S/C12H14BrCl2N5O/c1-8-11(14)12(15)20(18-8)4-2-3-16-10(21)7-19-6-9(13)5-17-19/h5-6H,2-4,7H2,1H3,(H,16,21). The fourth-order valence-corrected chi connectivity index (χ4v) is 2.49. The molecular formula is C12H14BrCl2N5O. The SMILES string of the molecule is Cc1nn(CCCNC(=O)Cn2cc(Br)cn2)c(Cl)c1Cl. The lowest BCUT2D eigenvalue weighted by molar-refractivity contribution is -0.121. The molecule has 2 aromatic heterocycles. The second-order valence-electron chi connectivity index (χ2n) is 4.47. The number of hydrogen-bond acceptors (Lipinski definition) is 3. The molecule has 2 rings (SSSR count). The highest BCUT2D eigenvalue weighted by Gasteiger charge is 2.10. The van der Waals surface area contributed by atoms with Gasteiger partial charge in [0.15, 0.2) is 0 Å². The fourth-order valence-electron chi connectivity index (χ4n) is 1.76. The first-order valence-corrected chi connectivity index (χ1v) is 7.85. The smallest absolute Gasteiger partial charge is 0.241 e. The lowest BCUT2D eigenvalue weighted by Gasteiger charge is -2.06. The van der Waals surface area contributed by atoms with Gasteiger partial charge in [-0.25, -0.2) is 0 Å². The largest absolute Gasteiger partial charge is 0.354 e. The molecule has 0 aliphatic rings. The highest BCUT2D eigenvalue weighted by Crippen LogP contribution is 2.24. The van der Waals surface area contributed by atoms with Crippen LogP contribution in [-0.4, -0.2) is 32.0 Å². The van der Waals surface area contributed by atoms with Gasteiger partial charge >= 0.3 is 0 Å². The summed E-state index contributed by atoms with van der Waals surface area (Å²) < 4.78 is 4.04. The third-order valence-electron chi connectivity index (χ3n) is 2.77. The summed E-state index contributed by atoms with van der Waals surface area (Å²) in [5.74, 6) is -0.0913. The Morgan fingerprint density at radius 2 is 2.24 bits per heavy atom. The van der Waals surface area contributed by atoms with Gasteiger partial charge in [0.2, 0.25) is 5.91 Å². The van der Waals surface area contributed by atoms with E-state index in [-0.39, 0.29) is 12.5 Å². The fraction of sp³-hybridized carbons (Fsp3) is 0.417. The maximum atomic E-state index is 11.7. The second kappa shape index (κ2) is 7.29. The van der Waals surface area contributed by atoms with Crippen molar-refractivity contribution in [3.8, 4) is 0 Å². The van der Waals surface area contributed by atoms with E-state index in [4.69, 9.17) is 23.2 Å². The first-order valence-electron chi connectivity index (χ1n) is 6.30. The molecule has 0 spiro atoms. The quantitative estimate of drug-likeness (QED) is 0.766. The zero-order valence-electron chi connectivity index (χ0n) is 11.3. The van der Waals surface area contributed by atoms with E-state index in [1.807, 2.05) is 0 Å². The van der Waals surface area contributed by atoms with Crippen LogP contribution >= 0.6 is 39.1 Å². The molecule has 0 radical (unpaired) electrons. The van der Waals surface area contributed by atoms with Crippen molar-refractivity contribution in [3.63, 3.8) is 0 Å². The Kier molecular flexibility index (Phi) is 5.66. The van der Waals surface area contributed by atoms with Crippen molar-refractivity contribution in [2.24, 2.45) is 0 Å². The van der Waals surface area contributed by atoms with Crippen LogP contribution in [0.1, 0.15) is 12.1 Å². The molecule has 9 heteroatoms. The third-order valence-corrected chi connectivity index (χ3v) is 4.12. The molecule has 0 saturated carbocycles. The van der Waals surface area contributed by atoms with Crippen LogP contribution in [0.15, 0.2) is 16.9 Å². The molecule has 2 aromatic rings. The Morgan fingerprint density at radius 3 is 2.81 bits per heavy atom. The molecule has 0 atom stereocenters. The number of aromatic nitrogens is 4. The number of hydrogen-bond donors (Lipinski definition) is 1. The highest BCUT2D eigenvalue weighted by molar-refractivity contribution is 9.10. The molecule has 21 heavy (non-hydrogen) atoms. The van der Waals surface area contributed by atoms with E-state index in [0.717, 1.165) is 4.47 Å². The van der Waals surface area contributed by atoms with Crippen LogP contribution in [-0.2, 0) is 17.9 Å². The van der Waals surface area contributed by atoms with Crippen molar-refractivity contribution >= 4 is 45.0 Å². The van der Waals surface area contributed by atoms with Gasteiger partial charge in [0.05, 0.1) is 16.4 Å². The van der Waals surface area contributed by atoms with Gasteiger partial charge in [0.1, 0.15) is 16.7 Å². The lowest BCUT2D eigenvalue weighted by atomic mass is 10.4. The number of carbonyl (C=O) groups is 1. The molecule has 0 bridgehead atoms. The van der Waals surface area contributed by atoms with E-state index in [2.05, 4.69) is 31.4 Å². The minimum atomic E-state index is -0.0913. The van der Waals surface area contributed by atoms with Crippen LogP contribution < -0.4 is 5.32 Å². The lowest BCUT2D eigenvalue weighted by Crippen LogP contribution is -2.29. The molecule has 0 saturated heterocycles. The van der Waals surface area contributed by atoms with Gasteiger partial charge in [-0.2, -0.15) is 10.2 Å². The monoisotopic (exact) mass is 393 g/mol. The van der Waals surface area contributed by atoms with Crippen molar-refractivity contribution < 1.29 is 4.79 Å². The molecule has 1 N–H and O–H groups in total. The first-order chi connectivity index (χ1) is 9.97. The zero-order valence-corrected chi connectivity index (χ0v) is 14.4. The average Bonchev–Trinajstić information content (AvgIpc) is 2.94. The van der Waals surface area contributed by atoms with E-state index in [0.29, 0.717) is 35.4 Å². The molecular weight excluding hydrogens is 381 g/mol. The number of aryl methyl sites for hydroxylation is 2. The van der Waals surface area contributed by atoms with Crippen molar-refractivity contribution in [3.05, 3.63) is 32.7 Å². The summed E-state index contributed by atoms with van der Waals surface area (Å²) in [6, 6.07) is 0. The van der Waals surface area contributed by atoms with Crippen LogP contribution in [0.2, 0.25) is 10.2 Å². The van der Waals surface area contributed by atoms with Crippen LogP contribution in [0.4, 0.5) is 0 Å². The number of carbonyl (C=O) groups excluding carboxylic acids is 1. The summed E-state index contributed by atoms with van der Waals surface area (Å²) in [5, 5.41) is 12.0. The minimum Gasteiger partial charge on any atom is -0.354 e. The Hall–Kier alpha value is -1.05. The van der Waals surface area contributed by atoms with Crippen LogP contribution in [0.5, 0.6) is 0 Å². The van der Waals surface area contributed by atoms with E-state index < -0.39 is 0 Å². The Morgan fingerprint density at radius 1 is 1.48 bits per heavy atom. The number of amides is 1. The van der Waals surface area contributed by atoms with Gasteiger partial charge in [-0.05, 0) is 29.3 Å². The topological polar surface area (TPSA) is 64.7 Å². The Labute approximate surface area is 140 Å².